The maximum atomic E-state index is 12.8. The van der Waals surface area contributed by atoms with Crippen LogP contribution >= 0.6 is 11.3 Å². The van der Waals surface area contributed by atoms with E-state index < -0.39 is 5.41 Å². The minimum atomic E-state index is -0.654. The molecule has 0 unspecified atom stereocenters. The van der Waals surface area contributed by atoms with Gasteiger partial charge in [-0.3, -0.25) is 19.6 Å². The quantitative estimate of drug-likeness (QED) is 0.424. The summed E-state index contributed by atoms with van der Waals surface area (Å²) in [4.78, 5) is 34.8. The molecule has 0 aliphatic rings. The number of hydrogen-bond acceptors (Lipinski definition) is 6. The number of benzene rings is 2. The van der Waals surface area contributed by atoms with E-state index in [4.69, 9.17) is 0 Å². The molecule has 0 saturated carbocycles. The normalized spacial score (nSPS) is 11.1. The van der Waals surface area contributed by atoms with Gasteiger partial charge in [0.15, 0.2) is 0 Å². The van der Waals surface area contributed by atoms with Crippen molar-refractivity contribution in [2.24, 2.45) is 0 Å². The van der Waals surface area contributed by atoms with Crippen LogP contribution in [0.4, 0.5) is 11.4 Å². The third-order valence-electron chi connectivity index (χ3n) is 5.23. The molecule has 2 aromatic carbocycles. The number of thiophene rings is 1. The zero-order chi connectivity index (χ0) is 23.6. The van der Waals surface area contributed by atoms with Crippen LogP contribution in [0, 0.1) is 18.3 Å². The van der Waals surface area contributed by atoms with Crippen molar-refractivity contribution in [2.45, 2.75) is 26.2 Å². The molecule has 2 heterocycles. The third kappa shape index (κ3) is 4.73. The van der Waals surface area contributed by atoms with Crippen LogP contribution in [0.1, 0.15) is 45.0 Å². The number of nitrogens with zero attached hydrogens (tertiary/aromatic N) is 3. The maximum Gasteiger partial charge on any atom is 0.256 e. The van der Waals surface area contributed by atoms with Crippen molar-refractivity contribution in [3.8, 4) is 6.07 Å². The number of aromatic nitrogens is 2. The zero-order valence-electron chi connectivity index (χ0n) is 18.3. The minimum absolute atomic E-state index is 0.277. The van der Waals surface area contributed by atoms with E-state index in [1.54, 1.807) is 54.2 Å². The average molecular weight is 456 g/mol. The molecule has 0 radical (unpaired) electrons. The third-order valence-corrected chi connectivity index (χ3v) is 6.49. The predicted molar refractivity (Wildman–Crippen MR) is 130 cm³/mol. The summed E-state index contributed by atoms with van der Waals surface area (Å²) < 4.78 is 0. The van der Waals surface area contributed by atoms with E-state index in [0.717, 1.165) is 10.4 Å². The monoisotopic (exact) mass is 455 g/mol. The van der Waals surface area contributed by atoms with Gasteiger partial charge in [0.05, 0.1) is 28.1 Å². The van der Waals surface area contributed by atoms with Crippen LogP contribution in [0.15, 0.2) is 60.2 Å². The Morgan fingerprint density at radius 3 is 2.42 bits per heavy atom. The molecule has 164 valence electrons. The number of carbonyl (C=O) groups is 2. The first-order chi connectivity index (χ1) is 15.8. The fourth-order valence-corrected chi connectivity index (χ4v) is 4.14. The molecule has 0 atom stereocenters. The van der Waals surface area contributed by atoms with Crippen molar-refractivity contribution >= 4 is 45.6 Å². The zero-order valence-corrected chi connectivity index (χ0v) is 19.2. The highest BCUT2D eigenvalue weighted by Gasteiger charge is 2.23. The summed E-state index contributed by atoms with van der Waals surface area (Å²) in [5.74, 6) is -0.559. The van der Waals surface area contributed by atoms with Crippen LogP contribution in [0.3, 0.4) is 0 Å². The molecule has 2 aromatic heterocycles. The summed E-state index contributed by atoms with van der Waals surface area (Å²) in [6, 6.07) is 14.5. The molecule has 8 heteroatoms. The number of anilines is 2. The van der Waals surface area contributed by atoms with Crippen LogP contribution in [-0.4, -0.2) is 21.8 Å². The highest BCUT2D eigenvalue weighted by molar-refractivity contribution is 7.10. The lowest BCUT2D eigenvalue weighted by molar-refractivity contribution is 0.101. The van der Waals surface area contributed by atoms with Crippen molar-refractivity contribution in [2.75, 3.05) is 10.6 Å². The van der Waals surface area contributed by atoms with Crippen molar-refractivity contribution in [1.29, 1.82) is 5.26 Å². The average Bonchev–Trinajstić information content (AvgIpc) is 3.32. The minimum Gasteiger partial charge on any atom is -0.322 e. The lowest BCUT2D eigenvalue weighted by Crippen LogP contribution is -2.15. The fraction of sp³-hybridized carbons (Fsp3) is 0.160. The van der Waals surface area contributed by atoms with E-state index in [2.05, 4.69) is 26.7 Å². The highest BCUT2D eigenvalue weighted by atomic mass is 32.1. The molecular weight excluding hydrogens is 434 g/mol. The van der Waals surface area contributed by atoms with E-state index in [-0.39, 0.29) is 11.8 Å². The lowest BCUT2D eigenvalue weighted by Gasteiger charge is -2.12. The first-order valence-electron chi connectivity index (χ1n) is 10.2. The molecule has 4 aromatic rings. The number of amides is 2. The Morgan fingerprint density at radius 1 is 0.939 bits per heavy atom. The van der Waals surface area contributed by atoms with Crippen molar-refractivity contribution in [3.63, 3.8) is 0 Å². The Hall–Kier alpha value is -4.09. The summed E-state index contributed by atoms with van der Waals surface area (Å²) in [5, 5.41) is 16.8. The van der Waals surface area contributed by atoms with Gasteiger partial charge in [-0.05, 0) is 62.7 Å². The Morgan fingerprint density at radius 2 is 1.67 bits per heavy atom. The summed E-state index contributed by atoms with van der Waals surface area (Å²) in [7, 11) is 0. The van der Waals surface area contributed by atoms with Crippen LogP contribution in [0.2, 0.25) is 0 Å². The number of rotatable bonds is 5. The van der Waals surface area contributed by atoms with Gasteiger partial charge >= 0.3 is 0 Å². The van der Waals surface area contributed by atoms with Crippen molar-refractivity contribution in [1.82, 2.24) is 9.97 Å². The van der Waals surface area contributed by atoms with Gasteiger partial charge in [-0.25, -0.2) is 0 Å². The smallest absolute Gasteiger partial charge is 0.256 e. The maximum absolute atomic E-state index is 12.8. The molecule has 2 N–H and O–H groups in total. The molecule has 0 aliphatic heterocycles. The molecule has 4 rings (SSSR count). The Labute approximate surface area is 195 Å². The summed E-state index contributed by atoms with van der Waals surface area (Å²) >= 11 is 1.38. The molecule has 33 heavy (non-hydrogen) atoms. The van der Waals surface area contributed by atoms with E-state index in [1.807, 2.05) is 26.8 Å². The summed E-state index contributed by atoms with van der Waals surface area (Å²) in [6.45, 7) is 5.51. The fourth-order valence-electron chi connectivity index (χ4n) is 3.17. The second-order valence-electron chi connectivity index (χ2n) is 8.13. The summed E-state index contributed by atoms with van der Waals surface area (Å²) in [6.07, 6.45) is 3.19. The topological polar surface area (TPSA) is 108 Å². The predicted octanol–water partition coefficient (Wildman–Crippen LogP) is 5.31. The van der Waals surface area contributed by atoms with Crippen LogP contribution in [0.5, 0.6) is 0 Å². The number of aryl methyl sites for hydroxylation is 1. The molecule has 0 saturated heterocycles. The molecule has 0 bridgehead atoms. The van der Waals surface area contributed by atoms with Gasteiger partial charge < -0.3 is 10.6 Å². The van der Waals surface area contributed by atoms with E-state index in [1.165, 1.54) is 11.3 Å². The van der Waals surface area contributed by atoms with Crippen LogP contribution in [-0.2, 0) is 5.41 Å². The van der Waals surface area contributed by atoms with Crippen molar-refractivity contribution in [3.05, 3.63) is 81.8 Å². The Balaban J connectivity index is 1.51. The number of carbonyl (C=O) groups excluding carboxylic acids is 2. The molecule has 7 nitrogen and oxygen atoms in total. The Bertz CT molecular complexity index is 1420. The van der Waals surface area contributed by atoms with Gasteiger partial charge in [-0.15, -0.1) is 11.3 Å². The lowest BCUT2D eigenvalue weighted by atomic mass is 9.93. The second kappa shape index (κ2) is 8.81. The van der Waals surface area contributed by atoms with Gasteiger partial charge in [-0.1, -0.05) is 6.07 Å². The van der Waals surface area contributed by atoms with Gasteiger partial charge in [0.1, 0.15) is 0 Å². The SMILES string of the molecule is Cc1ccc(NC(=O)c2csc(C(C)(C)C#N)c2)cc1NC(=O)c1ccc2nccnc2c1. The van der Waals surface area contributed by atoms with Gasteiger partial charge in [-0.2, -0.15) is 5.26 Å². The first-order valence-corrected chi connectivity index (χ1v) is 11.1. The molecule has 0 fully saturated rings. The van der Waals surface area contributed by atoms with Gasteiger partial charge in [0, 0.05) is 39.6 Å². The molecule has 2 amide bonds. The van der Waals surface area contributed by atoms with E-state index in [9.17, 15) is 14.9 Å². The molecule has 0 aliphatic carbocycles. The van der Waals surface area contributed by atoms with E-state index in [0.29, 0.717) is 33.5 Å². The van der Waals surface area contributed by atoms with Crippen molar-refractivity contribution < 1.29 is 9.59 Å². The Kier molecular flexibility index (Phi) is 5.90. The standard InChI is InChI=1S/C25H21N5O2S/c1-15-4-6-18(29-24(32)17-11-22(33-13-17)25(2,3)14-26)12-20(15)30-23(31)16-5-7-19-21(10-16)28-9-8-27-19/h4-13H,1-3H3,(H,29,32)(H,30,31). The van der Waals surface area contributed by atoms with Gasteiger partial charge in [0.2, 0.25) is 0 Å². The summed E-state index contributed by atoms with van der Waals surface area (Å²) in [5.41, 5.74) is 3.65. The first kappa shape index (κ1) is 22.1. The number of nitrogens with one attached hydrogen (secondary N) is 2. The number of hydrogen-bond donors (Lipinski definition) is 2. The number of nitriles is 1. The molecular formula is C25H21N5O2S. The van der Waals surface area contributed by atoms with Gasteiger partial charge in [0.25, 0.3) is 11.8 Å². The highest BCUT2D eigenvalue weighted by Crippen LogP contribution is 2.29. The van der Waals surface area contributed by atoms with E-state index >= 15 is 0 Å². The second-order valence-corrected chi connectivity index (χ2v) is 9.05. The van der Waals surface area contributed by atoms with Crippen LogP contribution < -0.4 is 10.6 Å². The molecule has 0 spiro atoms. The van der Waals surface area contributed by atoms with Crippen LogP contribution in [0.25, 0.3) is 11.0 Å². The largest absolute Gasteiger partial charge is 0.322 e. The number of fused-ring (bicyclic) bond motifs is 1.